The van der Waals surface area contributed by atoms with Crippen LogP contribution in [0.3, 0.4) is 0 Å². The highest BCUT2D eigenvalue weighted by Crippen LogP contribution is 2.46. The van der Waals surface area contributed by atoms with Crippen molar-refractivity contribution in [3.05, 3.63) is 59.7 Å². The quantitative estimate of drug-likeness (QED) is 0.312. The lowest BCUT2D eigenvalue weighted by Crippen LogP contribution is -1.96. The van der Waals surface area contributed by atoms with Crippen LogP contribution in [0.15, 0.2) is 48.5 Å². The molecule has 0 saturated heterocycles. The Hall–Kier alpha value is -1.21. The van der Waals surface area contributed by atoms with Gasteiger partial charge in [0.1, 0.15) is 0 Å². The summed E-state index contributed by atoms with van der Waals surface area (Å²) in [4.78, 5) is 0. The Labute approximate surface area is 159 Å². The second-order valence-electron chi connectivity index (χ2n) is 7.42. The van der Waals surface area contributed by atoms with Crippen molar-refractivity contribution in [3.8, 4) is 11.1 Å². The van der Waals surface area contributed by atoms with Crippen LogP contribution < -0.4 is 0 Å². The standard InChI is InChI=1S/C24H32S/c25-19-13-7-5-3-1-2-4-6-8-14-20-21-15-9-11-17-23(21)24-18-12-10-16-22(20)24/h9-12,15-18,20,25H,1-8,13-14,19H2. The third-order valence-electron chi connectivity index (χ3n) is 5.61. The Bertz CT molecular complexity index is 601. The SMILES string of the molecule is SCCCCCCCCCCCC1c2ccccc2-c2ccccc21. The molecule has 1 heteroatoms. The molecule has 25 heavy (non-hydrogen) atoms. The van der Waals surface area contributed by atoms with Gasteiger partial charge in [-0.1, -0.05) is 99.9 Å². The molecule has 2 aromatic carbocycles. The van der Waals surface area contributed by atoms with Crippen molar-refractivity contribution in [3.63, 3.8) is 0 Å². The highest BCUT2D eigenvalue weighted by Gasteiger charge is 2.27. The van der Waals surface area contributed by atoms with Crippen LogP contribution in [-0.2, 0) is 0 Å². The van der Waals surface area contributed by atoms with Gasteiger partial charge in [-0.05, 0) is 40.8 Å². The van der Waals surface area contributed by atoms with Gasteiger partial charge in [0.2, 0.25) is 0 Å². The highest BCUT2D eigenvalue weighted by atomic mass is 32.1. The third-order valence-corrected chi connectivity index (χ3v) is 5.93. The van der Waals surface area contributed by atoms with Gasteiger partial charge < -0.3 is 0 Å². The van der Waals surface area contributed by atoms with Crippen LogP contribution in [0.4, 0.5) is 0 Å². The topological polar surface area (TPSA) is 0 Å². The molecule has 0 atom stereocenters. The van der Waals surface area contributed by atoms with Crippen molar-refractivity contribution < 1.29 is 0 Å². The van der Waals surface area contributed by atoms with E-state index in [1.165, 1.54) is 75.3 Å². The van der Waals surface area contributed by atoms with Gasteiger partial charge in [-0.25, -0.2) is 0 Å². The van der Waals surface area contributed by atoms with E-state index in [0.717, 1.165) is 5.75 Å². The molecule has 0 amide bonds. The van der Waals surface area contributed by atoms with Crippen molar-refractivity contribution >= 4 is 12.6 Å². The lowest BCUT2D eigenvalue weighted by atomic mass is 9.91. The molecular formula is C24H32S. The van der Waals surface area contributed by atoms with Crippen molar-refractivity contribution in [2.45, 2.75) is 70.1 Å². The van der Waals surface area contributed by atoms with Crippen LogP contribution in [0.5, 0.6) is 0 Å². The summed E-state index contributed by atoms with van der Waals surface area (Å²) in [6.07, 6.45) is 13.7. The van der Waals surface area contributed by atoms with Gasteiger partial charge in [0, 0.05) is 5.92 Å². The lowest BCUT2D eigenvalue weighted by Gasteiger charge is -2.13. The average molecular weight is 353 g/mol. The average Bonchev–Trinajstić information content (AvgIpc) is 2.97. The molecule has 0 saturated carbocycles. The van der Waals surface area contributed by atoms with Gasteiger partial charge >= 0.3 is 0 Å². The molecule has 0 fully saturated rings. The smallest absolute Gasteiger partial charge is 0.0102 e. The Kier molecular flexibility index (Phi) is 7.48. The molecule has 0 heterocycles. The highest BCUT2D eigenvalue weighted by molar-refractivity contribution is 7.80. The van der Waals surface area contributed by atoms with Gasteiger partial charge in [-0.3, -0.25) is 0 Å². The number of unbranched alkanes of at least 4 members (excludes halogenated alkanes) is 8. The fourth-order valence-corrected chi connectivity index (χ4v) is 4.49. The van der Waals surface area contributed by atoms with E-state index in [0.29, 0.717) is 5.92 Å². The first-order chi connectivity index (χ1) is 12.4. The third kappa shape index (κ3) is 4.91. The van der Waals surface area contributed by atoms with Crippen LogP contribution >= 0.6 is 12.6 Å². The molecule has 0 radical (unpaired) electrons. The van der Waals surface area contributed by atoms with Crippen molar-refractivity contribution in [1.29, 1.82) is 0 Å². The molecule has 1 aliphatic carbocycles. The molecule has 0 N–H and O–H groups in total. The number of hydrogen-bond acceptors (Lipinski definition) is 1. The fourth-order valence-electron chi connectivity index (χ4n) is 4.27. The Morgan fingerprint density at radius 1 is 0.560 bits per heavy atom. The molecule has 0 aromatic heterocycles. The maximum absolute atomic E-state index is 4.27. The zero-order chi connectivity index (χ0) is 17.3. The molecule has 0 nitrogen and oxygen atoms in total. The molecule has 0 aliphatic heterocycles. The molecule has 3 rings (SSSR count). The molecule has 134 valence electrons. The van der Waals surface area contributed by atoms with Crippen LogP contribution in [0.1, 0.15) is 81.3 Å². The summed E-state index contributed by atoms with van der Waals surface area (Å²) in [5.41, 5.74) is 6.02. The van der Waals surface area contributed by atoms with E-state index in [2.05, 4.69) is 61.2 Å². The van der Waals surface area contributed by atoms with E-state index in [9.17, 15) is 0 Å². The van der Waals surface area contributed by atoms with E-state index < -0.39 is 0 Å². The number of thiol groups is 1. The number of rotatable bonds is 11. The van der Waals surface area contributed by atoms with Crippen LogP contribution in [-0.4, -0.2) is 5.75 Å². The van der Waals surface area contributed by atoms with E-state index >= 15 is 0 Å². The lowest BCUT2D eigenvalue weighted by molar-refractivity contribution is 0.547. The van der Waals surface area contributed by atoms with E-state index in [1.54, 1.807) is 11.1 Å². The predicted octanol–water partition coefficient (Wildman–Crippen LogP) is 7.63. The first-order valence-electron chi connectivity index (χ1n) is 10.2. The zero-order valence-electron chi connectivity index (χ0n) is 15.4. The summed E-state index contributed by atoms with van der Waals surface area (Å²) in [6.45, 7) is 0. The fraction of sp³-hybridized carbons (Fsp3) is 0.500. The number of hydrogen-bond donors (Lipinski definition) is 1. The Balaban J connectivity index is 1.40. The minimum Gasteiger partial charge on any atom is -0.179 e. The monoisotopic (exact) mass is 352 g/mol. The van der Waals surface area contributed by atoms with Crippen LogP contribution in [0, 0.1) is 0 Å². The van der Waals surface area contributed by atoms with Gasteiger partial charge in [-0.15, -0.1) is 0 Å². The largest absolute Gasteiger partial charge is 0.179 e. The van der Waals surface area contributed by atoms with Crippen molar-refractivity contribution in [1.82, 2.24) is 0 Å². The molecular weight excluding hydrogens is 320 g/mol. The minimum absolute atomic E-state index is 0.619. The normalized spacial score (nSPS) is 13.0. The van der Waals surface area contributed by atoms with Gasteiger partial charge in [0.05, 0.1) is 0 Å². The summed E-state index contributed by atoms with van der Waals surface area (Å²) in [6, 6.07) is 18.0. The first kappa shape index (κ1) is 18.6. The molecule has 2 aromatic rings. The summed E-state index contributed by atoms with van der Waals surface area (Å²) >= 11 is 4.27. The maximum atomic E-state index is 4.27. The summed E-state index contributed by atoms with van der Waals surface area (Å²) < 4.78 is 0. The molecule has 1 aliphatic rings. The van der Waals surface area contributed by atoms with Gasteiger partial charge in [-0.2, -0.15) is 12.6 Å². The summed E-state index contributed by atoms with van der Waals surface area (Å²) in [5.74, 6) is 1.67. The number of fused-ring (bicyclic) bond motifs is 3. The maximum Gasteiger partial charge on any atom is 0.0102 e. The zero-order valence-corrected chi connectivity index (χ0v) is 16.3. The molecule has 0 unspecified atom stereocenters. The Morgan fingerprint density at radius 3 is 1.52 bits per heavy atom. The minimum atomic E-state index is 0.619. The second-order valence-corrected chi connectivity index (χ2v) is 7.87. The van der Waals surface area contributed by atoms with E-state index in [-0.39, 0.29) is 0 Å². The van der Waals surface area contributed by atoms with Crippen LogP contribution in [0.25, 0.3) is 11.1 Å². The van der Waals surface area contributed by atoms with E-state index in [4.69, 9.17) is 0 Å². The molecule has 0 bridgehead atoms. The first-order valence-corrected chi connectivity index (χ1v) is 10.8. The summed E-state index contributed by atoms with van der Waals surface area (Å²) in [5, 5.41) is 0. The van der Waals surface area contributed by atoms with Crippen molar-refractivity contribution in [2.75, 3.05) is 5.75 Å². The van der Waals surface area contributed by atoms with Gasteiger partial charge in [0.15, 0.2) is 0 Å². The Morgan fingerprint density at radius 2 is 1.00 bits per heavy atom. The second kappa shape index (κ2) is 10.1. The number of benzene rings is 2. The van der Waals surface area contributed by atoms with Gasteiger partial charge in [0.25, 0.3) is 0 Å². The predicted molar refractivity (Wildman–Crippen MR) is 114 cm³/mol. The van der Waals surface area contributed by atoms with Crippen molar-refractivity contribution in [2.24, 2.45) is 0 Å². The van der Waals surface area contributed by atoms with Crippen LogP contribution in [0.2, 0.25) is 0 Å². The molecule has 0 spiro atoms. The van der Waals surface area contributed by atoms with E-state index in [1.807, 2.05) is 0 Å². The summed E-state index contributed by atoms with van der Waals surface area (Å²) in [7, 11) is 0.